The largest absolute Gasteiger partial charge is 0.494 e. The molecule has 3 nitrogen and oxygen atoms in total. The predicted octanol–water partition coefficient (Wildman–Crippen LogP) is 3.27. The number of hydrogen-bond acceptors (Lipinski definition) is 3. The molecular formula is C17H15FO3. The highest BCUT2D eigenvalue weighted by atomic mass is 19.1. The van der Waals surface area contributed by atoms with Gasteiger partial charge in [-0.2, -0.15) is 0 Å². The highest BCUT2D eigenvalue weighted by Gasteiger charge is 2.27. The van der Waals surface area contributed by atoms with Gasteiger partial charge in [-0.05, 0) is 36.2 Å². The molecule has 0 fully saturated rings. The van der Waals surface area contributed by atoms with Gasteiger partial charge in [0.15, 0.2) is 17.3 Å². The van der Waals surface area contributed by atoms with E-state index in [-0.39, 0.29) is 17.5 Å². The number of benzene rings is 2. The lowest BCUT2D eigenvalue weighted by molar-refractivity contribution is 0.0854. The van der Waals surface area contributed by atoms with Crippen LogP contribution in [-0.4, -0.2) is 19.5 Å². The number of methoxy groups -OCH3 is 1. The fourth-order valence-electron chi connectivity index (χ4n) is 2.55. The van der Waals surface area contributed by atoms with Gasteiger partial charge in [0.2, 0.25) is 0 Å². The van der Waals surface area contributed by atoms with Crippen molar-refractivity contribution < 1.29 is 18.7 Å². The van der Waals surface area contributed by atoms with Crippen molar-refractivity contribution in [2.24, 2.45) is 5.92 Å². The first kappa shape index (κ1) is 13.6. The predicted molar refractivity (Wildman–Crippen MR) is 76.4 cm³/mol. The molecule has 0 bridgehead atoms. The Morgan fingerprint density at radius 2 is 2.10 bits per heavy atom. The second-order valence-electron chi connectivity index (χ2n) is 5.03. The van der Waals surface area contributed by atoms with E-state index in [2.05, 4.69) is 0 Å². The summed E-state index contributed by atoms with van der Waals surface area (Å²) >= 11 is 0. The minimum atomic E-state index is -0.527. The van der Waals surface area contributed by atoms with Crippen molar-refractivity contribution in [1.82, 2.24) is 0 Å². The number of carbonyl (C=O) groups is 1. The van der Waals surface area contributed by atoms with Gasteiger partial charge < -0.3 is 9.47 Å². The molecule has 1 aliphatic heterocycles. The lowest BCUT2D eigenvalue weighted by atomic mass is 9.90. The number of fused-ring (bicyclic) bond motifs is 1. The van der Waals surface area contributed by atoms with Crippen LogP contribution in [0.4, 0.5) is 4.39 Å². The van der Waals surface area contributed by atoms with Gasteiger partial charge in [-0.1, -0.05) is 18.2 Å². The zero-order valence-corrected chi connectivity index (χ0v) is 11.6. The van der Waals surface area contributed by atoms with Crippen LogP contribution < -0.4 is 9.47 Å². The topological polar surface area (TPSA) is 35.5 Å². The molecule has 1 atom stereocenters. The SMILES string of the molecule is COc1ccc(C(=O)C2COc3ccccc3C2)cc1F. The summed E-state index contributed by atoms with van der Waals surface area (Å²) < 4.78 is 24.2. The fourth-order valence-corrected chi connectivity index (χ4v) is 2.55. The molecule has 4 heteroatoms. The first-order valence-electron chi connectivity index (χ1n) is 6.77. The van der Waals surface area contributed by atoms with Crippen molar-refractivity contribution in [2.45, 2.75) is 6.42 Å². The van der Waals surface area contributed by atoms with Gasteiger partial charge in [-0.15, -0.1) is 0 Å². The third-order valence-corrected chi connectivity index (χ3v) is 3.69. The normalized spacial score (nSPS) is 16.8. The van der Waals surface area contributed by atoms with Crippen molar-refractivity contribution in [3.8, 4) is 11.5 Å². The van der Waals surface area contributed by atoms with Crippen LogP contribution in [0.15, 0.2) is 42.5 Å². The highest BCUT2D eigenvalue weighted by molar-refractivity contribution is 5.98. The van der Waals surface area contributed by atoms with E-state index < -0.39 is 5.82 Å². The fraction of sp³-hybridized carbons (Fsp3) is 0.235. The summed E-state index contributed by atoms with van der Waals surface area (Å²) in [6, 6.07) is 11.9. The van der Waals surface area contributed by atoms with E-state index >= 15 is 0 Å². The van der Waals surface area contributed by atoms with Crippen LogP contribution in [0.3, 0.4) is 0 Å². The van der Waals surface area contributed by atoms with Crippen LogP contribution >= 0.6 is 0 Å². The maximum Gasteiger partial charge on any atom is 0.169 e. The van der Waals surface area contributed by atoms with Crippen LogP contribution in [0.5, 0.6) is 11.5 Å². The molecule has 1 heterocycles. The molecule has 3 rings (SSSR count). The summed E-state index contributed by atoms with van der Waals surface area (Å²) in [7, 11) is 1.39. The number of Topliss-reactive ketones (excluding diaryl/α,β-unsaturated/α-hetero) is 1. The van der Waals surface area contributed by atoms with Crippen molar-refractivity contribution in [1.29, 1.82) is 0 Å². The van der Waals surface area contributed by atoms with E-state index in [1.165, 1.54) is 19.2 Å². The molecule has 0 radical (unpaired) electrons. The average molecular weight is 286 g/mol. The van der Waals surface area contributed by atoms with Gasteiger partial charge in [-0.3, -0.25) is 4.79 Å². The first-order valence-corrected chi connectivity index (χ1v) is 6.77. The number of rotatable bonds is 3. The van der Waals surface area contributed by atoms with Crippen molar-refractivity contribution >= 4 is 5.78 Å². The number of halogens is 1. The monoisotopic (exact) mass is 286 g/mol. The number of ether oxygens (including phenoxy) is 2. The lowest BCUT2D eigenvalue weighted by Gasteiger charge is -2.24. The summed E-state index contributed by atoms with van der Waals surface area (Å²) in [6.07, 6.45) is 0.614. The van der Waals surface area contributed by atoms with E-state index in [0.717, 1.165) is 11.3 Å². The molecule has 2 aromatic carbocycles. The first-order chi connectivity index (χ1) is 10.2. The average Bonchev–Trinajstić information content (AvgIpc) is 2.53. The number of para-hydroxylation sites is 1. The Morgan fingerprint density at radius 1 is 1.29 bits per heavy atom. The van der Waals surface area contributed by atoms with Crippen LogP contribution in [0.2, 0.25) is 0 Å². The van der Waals surface area contributed by atoms with Crippen LogP contribution in [-0.2, 0) is 6.42 Å². The van der Waals surface area contributed by atoms with Gasteiger partial charge in [0.1, 0.15) is 5.75 Å². The standard InChI is InChI=1S/C17H15FO3/c1-20-16-7-6-12(9-14(16)18)17(19)13-8-11-4-2-3-5-15(11)21-10-13/h2-7,9,13H,8,10H2,1H3. The Kier molecular flexibility index (Phi) is 3.60. The third-order valence-electron chi connectivity index (χ3n) is 3.69. The second-order valence-corrected chi connectivity index (χ2v) is 5.03. The van der Waals surface area contributed by atoms with Crippen molar-refractivity contribution in [3.63, 3.8) is 0 Å². The smallest absolute Gasteiger partial charge is 0.169 e. The molecule has 1 aliphatic rings. The summed E-state index contributed by atoms with van der Waals surface area (Å²) in [5, 5.41) is 0. The quantitative estimate of drug-likeness (QED) is 0.812. The van der Waals surface area contributed by atoms with E-state index in [0.29, 0.717) is 18.6 Å². The van der Waals surface area contributed by atoms with Crippen molar-refractivity contribution in [2.75, 3.05) is 13.7 Å². The molecule has 0 saturated heterocycles. The van der Waals surface area contributed by atoms with Crippen LogP contribution in [0, 0.1) is 11.7 Å². The Bertz CT molecular complexity index is 681. The molecule has 0 aliphatic carbocycles. The number of carbonyl (C=O) groups excluding carboxylic acids is 1. The number of ketones is 1. The molecule has 1 unspecified atom stereocenters. The minimum absolute atomic E-state index is 0.106. The zero-order chi connectivity index (χ0) is 14.8. The van der Waals surface area contributed by atoms with Crippen LogP contribution in [0.1, 0.15) is 15.9 Å². The summed E-state index contributed by atoms with van der Waals surface area (Å²) in [5.41, 5.74) is 1.36. The van der Waals surface area contributed by atoms with Gasteiger partial charge in [0.05, 0.1) is 19.6 Å². The molecule has 0 spiro atoms. The van der Waals surface area contributed by atoms with Gasteiger partial charge in [0.25, 0.3) is 0 Å². The Morgan fingerprint density at radius 3 is 2.86 bits per heavy atom. The molecule has 0 N–H and O–H groups in total. The summed E-state index contributed by atoms with van der Waals surface area (Å²) in [6.45, 7) is 0.323. The Hall–Kier alpha value is -2.36. The Balaban J connectivity index is 1.82. The molecule has 0 amide bonds. The van der Waals surface area contributed by atoms with E-state index in [9.17, 15) is 9.18 Å². The molecule has 0 saturated carbocycles. The van der Waals surface area contributed by atoms with Gasteiger partial charge in [0, 0.05) is 5.56 Å². The highest BCUT2D eigenvalue weighted by Crippen LogP contribution is 2.29. The third kappa shape index (κ3) is 2.61. The Labute approximate surface area is 122 Å². The molecule has 108 valence electrons. The second kappa shape index (κ2) is 5.56. The number of hydrogen-bond donors (Lipinski definition) is 0. The zero-order valence-electron chi connectivity index (χ0n) is 11.6. The van der Waals surface area contributed by atoms with Gasteiger partial charge >= 0.3 is 0 Å². The lowest BCUT2D eigenvalue weighted by Crippen LogP contribution is -2.28. The minimum Gasteiger partial charge on any atom is -0.494 e. The summed E-state index contributed by atoms with van der Waals surface area (Å²) in [4.78, 5) is 12.5. The van der Waals surface area contributed by atoms with E-state index in [1.807, 2.05) is 24.3 Å². The van der Waals surface area contributed by atoms with Crippen LogP contribution in [0.25, 0.3) is 0 Å². The van der Waals surface area contributed by atoms with E-state index in [4.69, 9.17) is 9.47 Å². The molecule has 0 aromatic heterocycles. The molecule has 2 aromatic rings. The van der Waals surface area contributed by atoms with E-state index in [1.54, 1.807) is 6.07 Å². The maximum absolute atomic E-state index is 13.7. The summed E-state index contributed by atoms with van der Waals surface area (Å²) in [5.74, 6) is 0.0403. The molecular weight excluding hydrogens is 271 g/mol. The van der Waals surface area contributed by atoms with Gasteiger partial charge in [-0.25, -0.2) is 4.39 Å². The maximum atomic E-state index is 13.7. The van der Waals surface area contributed by atoms with Crippen molar-refractivity contribution in [3.05, 3.63) is 59.4 Å². The molecule has 21 heavy (non-hydrogen) atoms.